The Hall–Kier alpha value is -1.12. The predicted molar refractivity (Wildman–Crippen MR) is 49.8 cm³/mol. The Morgan fingerprint density at radius 1 is 1.42 bits per heavy atom. The van der Waals surface area contributed by atoms with E-state index in [0.717, 1.165) is 5.56 Å². The van der Waals surface area contributed by atoms with E-state index in [4.69, 9.17) is 0 Å². The van der Waals surface area contributed by atoms with Gasteiger partial charge in [0, 0.05) is 13.2 Å². The van der Waals surface area contributed by atoms with Crippen LogP contribution in [0, 0.1) is 6.92 Å². The third-order valence-electron chi connectivity index (χ3n) is 1.34. The molecule has 0 aromatic carbocycles. The van der Waals surface area contributed by atoms with Crippen LogP contribution in [0.5, 0.6) is 0 Å². The first kappa shape index (κ1) is 10.9. The monoisotopic (exact) mass is 170 g/mol. The van der Waals surface area contributed by atoms with Crippen molar-refractivity contribution in [3.63, 3.8) is 0 Å². The normalized spacial score (nSPS) is 8.42. The van der Waals surface area contributed by atoms with E-state index >= 15 is 0 Å². The molecule has 1 aromatic rings. The van der Waals surface area contributed by atoms with E-state index in [0.29, 0.717) is 10.8 Å². The number of aryl methyl sites for hydroxylation is 1. The Balaban J connectivity index is 0.000000561. The second-order valence-electron chi connectivity index (χ2n) is 2.14. The van der Waals surface area contributed by atoms with E-state index in [1.165, 1.54) is 13.2 Å². The molecule has 0 saturated heterocycles. The van der Waals surface area contributed by atoms with Crippen LogP contribution in [-0.4, -0.2) is 12.0 Å². The van der Waals surface area contributed by atoms with Crippen LogP contribution in [0.1, 0.15) is 19.4 Å². The zero-order valence-corrected chi connectivity index (χ0v) is 8.00. The summed E-state index contributed by atoms with van der Waals surface area (Å²) >= 11 is 0. The molecule has 1 heterocycles. The van der Waals surface area contributed by atoms with Crippen LogP contribution in [0.3, 0.4) is 0 Å². The Kier molecular flexibility index (Phi) is 5.00. The van der Waals surface area contributed by atoms with Crippen molar-refractivity contribution in [3.8, 4) is 0 Å². The highest BCUT2D eigenvalue weighted by molar-refractivity contribution is 5.47. The second kappa shape index (κ2) is 5.52. The smallest absolute Gasteiger partial charge is 0.0896 e. The number of anilines is 1. The van der Waals surface area contributed by atoms with Crippen molar-refractivity contribution >= 4 is 5.69 Å². The summed E-state index contributed by atoms with van der Waals surface area (Å²) in [5.74, 6) is 0. The van der Waals surface area contributed by atoms with Gasteiger partial charge in [0.25, 0.3) is 0 Å². The first-order valence-electron chi connectivity index (χ1n) is 4.02. The maximum Gasteiger partial charge on any atom is 0.0896 e. The lowest BCUT2D eigenvalue weighted by atomic mass is 10.2. The van der Waals surface area contributed by atoms with Gasteiger partial charge >= 0.3 is 0 Å². The Labute approximate surface area is 73.0 Å². The minimum absolute atomic E-state index is 0.516. The third kappa shape index (κ3) is 2.86. The molecule has 0 spiro atoms. The molecule has 0 aliphatic carbocycles. The minimum Gasteiger partial charge on any atom is -0.262 e. The third-order valence-corrected chi connectivity index (χ3v) is 1.34. The van der Waals surface area contributed by atoms with Gasteiger partial charge in [-0.2, -0.15) is 0 Å². The summed E-state index contributed by atoms with van der Waals surface area (Å²) in [6.45, 7) is 5.84. The fraction of sp³-hybridized carbons (Fsp3) is 0.444. The fourth-order valence-electron chi connectivity index (χ4n) is 0.778. The molecule has 0 aliphatic rings. The molecule has 0 saturated carbocycles. The number of aromatic nitrogens is 1. The van der Waals surface area contributed by atoms with Crippen molar-refractivity contribution in [2.45, 2.75) is 20.8 Å². The molecule has 3 heteroatoms. The quantitative estimate of drug-likeness (QED) is 0.602. The van der Waals surface area contributed by atoms with E-state index in [9.17, 15) is 4.48 Å². The van der Waals surface area contributed by atoms with E-state index in [-0.39, 0.29) is 0 Å². The van der Waals surface area contributed by atoms with Gasteiger partial charge in [-0.1, -0.05) is 13.8 Å². The first-order valence-corrected chi connectivity index (χ1v) is 4.02. The van der Waals surface area contributed by atoms with Gasteiger partial charge in [-0.3, -0.25) is 4.98 Å². The van der Waals surface area contributed by atoms with Crippen molar-refractivity contribution in [2.75, 3.05) is 12.2 Å². The molecule has 0 fully saturated rings. The van der Waals surface area contributed by atoms with Crippen LogP contribution in [-0.2, 0) is 0 Å². The van der Waals surface area contributed by atoms with Gasteiger partial charge in [-0.15, -0.1) is 4.48 Å². The molecule has 0 bridgehead atoms. The van der Waals surface area contributed by atoms with E-state index in [1.54, 1.807) is 12.3 Å². The molecule has 0 amide bonds. The fourth-order valence-corrected chi connectivity index (χ4v) is 0.778. The number of pyridine rings is 1. The molecule has 0 aliphatic heterocycles. The lowest BCUT2D eigenvalue weighted by Gasteiger charge is -2.08. The highest BCUT2D eigenvalue weighted by atomic mass is 19.2. The average molecular weight is 170 g/mol. The highest BCUT2D eigenvalue weighted by Crippen LogP contribution is 2.15. The second-order valence-corrected chi connectivity index (χ2v) is 2.14. The lowest BCUT2D eigenvalue weighted by molar-refractivity contribution is 0.474. The van der Waals surface area contributed by atoms with Gasteiger partial charge in [-0.25, -0.2) is 5.12 Å². The minimum atomic E-state index is 0.516. The van der Waals surface area contributed by atoms with Gasteiger partial charge < -0.3 is 0 Å². The molecule has 0 N–H and O–H groups in total. The summed E-state index contributed by atoms with van der Waals surface area (Å²) in [4.78, 5) is 3.79. The van der Waals surface area contributed by atoms with Crippen LogP contribution in [0.4, 0.5) is 10.2 Å². The molecule has 1 aromatic heterocycles. The zero-order valence-electron chi connectivity index (χ0n) is 8.00. The average Bonchev–Trinajstić information content (AvgIpc) is 2.08. The first-order chi connectivity index (χ1) is 5.72. The maximum absolute atomic E-state index is 12.5. The number of rotatable bonds is 1. The van der Waals surface area contributed by atoms with Crippen molar-refractivity contribution in [2.24, 2.45) is 0 Å². The Morgan fingerprint density at radius 3 is 2.33 bits per heavy atom. The predicted octanol–water partition coefficient (Wildman–Crippen LogP) is 2.74. The molecule has 68 valence electrons. The molecule has 2 nitrogen and oxygen atoms in total. The number of halogens is 1. The van der Waals surface area contributed by atoms with Gasteiger partial charge in [-0.05, 0) is 18.6 Å². The van der Waals surface area contributed by atoms with Gasteiger partial charge in [0.2, 0.25) is 0 Å². The SMILES string of the molecule is CC.Cc1ccncc1N(C)F. The highest BCUT2D eigenvalue weighted by Gasteiger charge is 2.00. The number of hydrogen-bond acceptors (Lipinski definition) is 2. The topological polar surface area (TPSA) is 16.1 Å². The van der Waals surface area contributed by atoms with Crippen LogP contribution >= 0.6 is 0 Å². The number of nitrogens with zero attached hydrogens (tertiary/aromatic N) is 2. The van der Waals surface area contributed by atoms with Gasteiger partial charge in [0.15, 0.2) is 0 Å². The molecule has 12 heavy (non-hydrogen) atoms. The summed E-state index contributed by atoms with van der Waals surface area (Å²) in [6, 6.07) is 1.77. The van der Waals surface area contributed by atoms with Crippen LogP contribution in [0.2, 0.25) is 0 Å². The number of hydrogen-bond donors (Lipinski definition) is 0. The van der Waals surface area contributed by atoms with Crippen molar-refractivity contribution in [1.29, 1.82) is 0 Å². The standard InChI is InChI=1S/C7H9FN2.C2H6/c1-6-3-4-9-5-7(6)10(2)8;1-2/h3-5H,1-2H3;1-2H3. The van der Waals surface area contributed by atoms with Crippen molar-refractivity contribution in [3.05, 3.63) is 24.0 Å². The molecule has 1 rings (SSSR count). The lowest BCUT2D eigenvalue weighted by Crippen LogP contribution is -2.04. The van der Waals surface area contributed by atoms with Crippen molar-refractivity contribution < 1.29 is 4.48 Å². The van der Waals surface area contributed by atoms with E-state index < -0.39 is 0 Å². The molecule has 0 unspecified atom stereocenters. The summed E-state index contributed by atoms with van der Waals surface area (Å²) < 4.78 is 12.5. The Bertz CT molecular complexity index is 224. The van der Waals surface area contributed by atoms with Gasteiger partial charge in [0.1, 0.15) is 0 Å². The summed E-state index contributed by atoms with van der Waals surface area (Å²) in [7, 11) is 1.35. The van der Waals surface area contributed by atoms with Crippen molar-refractivity contribution in [1.82, 2.24) is 4.98 Å². The summed E-state index contributed by atoms with van der Waals surface area (Å²) in [6.07, 6.45) is 3.14. The largest absolute Gasteiger partial charge is 0.262 e. The molecular weight excluding hydrogens is 155 g/mol. The van der Waals surface area contributed by atoms with E-state index in [2.05, 4.69) is 4.98 Å². The van der Waals surface area contributed by atoms with Crippen LogP contribution in [0.25, 0.3) is 0 Å². The molecular formula is C9H15FN2. The zero-order chi connectivity index (χ0) is 9.56. The summed E-state index contributed by atoms with van der Waals surface area (Å²) in [5.41, 5.74) is 1.41. The maximum atomic E-state index is 12.5. The Morgan fingerprint density at radius 2 is 2.00 bits per heavy atom. The molecule has 0 radical (unpaired) electrons. The summed E-state index contributed by atoms with van der Waals surface area (Å²) in [5, 5.41) is 0.558. The van der Waals surface area contributed by atoms with Gasteiger partial charge in [0.05, 0.1) is 11.9 Å². The van der Waals surface area contributed by atoms with E-state index in [1.807, 2.05) is 20.8 Å². The van der Waals surface area contributed by atoms with Crippen LogP contribution < -0.4 is 5.12 Å². The van der Waals surface area contributed by atoms with Crippen LogP contribution in [0.15, 0.2) is 18.5 Å². The molecule has 0 atom stereocenters.